The molecule has 1 aromatic heterocycles. The number of hydrogen-bond donors (Lipinski definition) is 1. The average molecular weight is 651 g/mol. The highest BCUT2D eigenvalue weighted by molar-refractivity contribution is 6.08. The number of carbonyl (C=O) groups is 1. The number of rotatable bonds is 11. The van der Waals surface area contributed by atoms with Gasteiger partial charge in [0.2, 0.25) is 0 Å². The molecule has 1 amide bonds. The van der Waals surface area contributed by atoms with Crippen LogP contribution in [0.15, 0.2) is 72.3 Å². The van der Waals surface area contributed by atoms with E-state index >= 15 is 0 Å². The van der Waals surface area contributed by atoms with Crippen molar-refractivity contribution in [2.24, 2.45) is 5.92 Å². The quantitative estimate of drug-likeness (QED) is 0.210. The van der Waals surface area contributed by atoms with Gasteiger partial charge in [-0.05, 0) is 104 Å². The van der Waals surface area contributed by atoms with Crippen molar-refractivity contribution in [3.8, 4) is 0 Å². The molecule has 0 bridgehead atoms. The maximum Gasteiger partial charge on any atom is 0.263 e. The Balaban J connectivity index is 0.00000245. The number of aromatic nitrogens is 1. The summed E-state index contributed by atoms with van der Waals surface area (Å²) in [6.45, 7) is 12.1. The fraction of sp³-hybridized carbons (Fsp3) is 0.421. The lowest BCUT2D eigenvalue weighted by atomic mass is 9.89. The number of fused-ring (bicyclic) bond motifs is 1. The fourth-order valence-electron chi connectivity index (χ4n) is 6.52. The van der Waals surface area contributed by atoms with Crippen LogP contribution in [0, 0.1) is 11.7 Å². The number of allylic oxidation sites excluding steroid dienone is 6. The van der Waals surface area contributed by atoms with Crippen LogP contribution in [0.5, 0.6) is 0 Å². The predicted molar refractivity (Wildman–Crippen MR) is 184 cm³/mol. The van der Waals surface area contributed by atoms with E-state index in [0.29, 0.717) is 36.2 Å². The summed E-state index contributed by atoms with van der Waals surface area (Å²) >= 11 is 0. The fourth-order valence-corrected chi connectivity index (χ4v) is 6.52. The maximum atomic E-state index is 14.4. The molecular formula is C38H46F4N4O. The van der Waals surface area contributed by atoms with E-state index < -0.39 is 12.2 Å². The number of alkyl halides is 3. The summed E-state index contributed by atoms with van der Waals surface area (Å²) in [4.78, 5) is 23.6. The minimum absolute atomic E-state index is 0.0406. The van der Waals surface area contributed by atoms with Crippen molar-refractivity contribution in [1.82, 2.24) is 14.8 Å². The Labute approximate surface area is 276 Å². The number of likely N-dealkylation sites (N-methyl/N-ethyl adjacent to an activating group) is 1. The van der Waals surface area contributed by atoms with Crippen molar-refractivity contribution in [2.75, 3.05) is 38.7 Å². The van der Waals surface area contributed by atoms with Crippen LogP contribution in [0.2, 0.25) is 0 Å². The molecule has 2 heterocycles. The zero-order valence-electron chi connectivity index (χ0n) is 28.0. The molecule has 5 rings (SSSR count). The van der Waals surface area contributed by atoms with E-state index in [4.69, 9.17) is 4.98 Å². The number of pyridine rings is 1. The molecule has 1 aliphatic heterocycles. The first-order valence-electron chi connectivity index (χ1n) is 16.4. The van der Waals surface area contributed by atoms with E-state index in [0.717, 1.165) is 61.5 Å². The molecule has 2 atom stereocenters. The molecule has 2 unspecified atom stereocenters. The molecule has 5 nitrogen and oxygen atoms in total. The topological polar surface area (TPSA) is 48.5 Å². The van der Waals surface area contributed by atoms with Gasteiger partial charge in [-0.25, -0.2) is 18.2 Å². The first kappa shape index (κ1) is 35.9. The highest BCUT2D eigenvalue weighted by atomic mass is 19.3. The van der Waals surface area contributed by atoms with E-state index in [9.17, 15) is 22.4 Å². The second kappa shape index (κ2) is 16.7. The molecule has 47 heavy (non-hydrogen) atoms. The van der Waals surface area contributed by atoms with E-state index in [-0.39, 0.29) is 30.0 Å². The Morgan fingerprint density at radius 2 is 1.91 bits per heavy atom. The number of anilines is 1. The molecule has 2 aromatic carbocycles. The lowest BCUT2D eigenvalue weighted by Gasteiger charge is -2.30. The van der Waals surface area contributed by atoms with Gasteiger partial charge in [0.15, 0.2) is 0 Å². The minimum Gasteiger partial charge on any atom is -0.366 e. The van der Waals surface area contributed by atoms with E-state index in [1.165, 1.54) is 17.7 Å². The van der Waals surface area contributed by atoms with Crippen LogP contribution in [0.4, 0.5) is 23.4 Å². The van der Waals surface area contributed by atoms with Crippen molar-refractivity contribution in [3.63, 3.8) is 0 Å². The number of amides is 1. The molecule has 0 spiro atoms. The number of hydrogen-bond acceptors (Lipinski definition) is 4. The van der Waals surface area contributed by atoms with Crippen molar-refractivity contribution in [3.05, 3.63) is 100 Å². The van der Waals surface area contributed by atoms with Gasteiger partial charge >= 0.3 is 0 Å². The lowest BCUT2D eigenvalue weighted by Crippen LogP contribution is -2.43. The van der Waals surface area contributed by atoms with Crippen LogP contribution in [0.3, 0.4) is 0 Å². The van der Waals surface area contributed by atoms with Gasteiger partial charge in [0.1, 0.15) is 11.6 Å². The van der Waals surface area contributed by atoms with Crippen LogP contribution in [-0.4, -0.2) is 60.1 Å². The van der Waals surface area contributed by atoms with Gasteiger partial charge in [-0.1, -0.05) is 51.1 Å². The summed E-state index contributed by atoms with van der Waals surface area (Å²) in [5.41, 5.74) is 4.56. The standard InChI is InChI=1S/C37H43F3N4O.CH3F/c1-5-14-43(7-3)23-31-9-8-15-44(31)37(45)33-21-35(41-22-25-17-29(36(39)40)19-30(38)18-25)42-34-13-12-28(20-32(33)34)27-11-10-26(6-2)24(4)16-27;1-2/h6,10-13,16-21,24,31,36H,5,7-9,14-15,22-23H2,1-4H3,(H,41,42);1H3/b26-6-;. The Bertz CT molecular complexity index is 1630. The van der Waals surface area contributed by atoms with Gasteiger partial charge in [0.05, 0.1) is 18.3 Å². The molecule has 1 fully saturated rings. The number of halogens is 4. The van der Waals surface area contributed by atoms with Gasteiger partial charge in [-0.2, -0.15) is 0 Å². The third kappa shape index (κ3) is 8.69. The summed E-state index contributed by atoms with van der Waals surface area (Å²) < 4.78 is 50.2. The average Bonchev–Trinajstić information content (AvgIpc) is 3.54. The SMILES string of the molecule is C/C=C1/C=CC(c2ccc3nc(NCc4cc(F)cc(C(F)F)c4)cc(C(=O)N4CCCC4CN(CC)CCC)c3c2)=CC1C.CF. The van der Waals surface area contributed by atoms with E-state index in [1.807, 2.05) is 30.0 Å². The van der Waals surface area contributed by atoms with Gasteiger partial charge in [0, 0.05) is 36.6 Å². The zero-order chi connectivity index (χ0) is 34.1. The molecule has 3 aromatic rings. The van der Waals surface area contributed by atoms with Crippen molar-refractivity contribution in [2.45, 2.75) is 66.0 Å². The normalized spacial score (nSPS) is 18.6. The van der Waals surface area contributed by atoms with Crippen LogP contribution in [-0.2, 0) is 6.54 Å². The first-order valence-corrected chi connectivity index (χ1v) is 16.4. The lowest BCUT2D eigenvalue weighted by molar-refractivity contribution is 0.0703. The third-order valence-corrected chi connectivity index (χ3v) is 8.92. The predicted octanol–water partition coefficient (Wildman–Crippen LogP) is 9.38. The first-order chi connectivity index (χ1) is 22.7. The molecule has 0 radical (unpaired) electrons. The van der Waals surface area contributed by atoms with Crippen LogP contribution >= 0.6 is 0 Å². The second-order valence-corrected chi connectivity index (χ2v) is 12.1. The third-order valence-electron chi connectivity index (χ3n) is 8.92. The van der Waals surface area contributed by atoms with Crippen LogP contribution in [0.1, 0.15) is 80.4 Å². The number of likely N-dealkylation sites (tertiary alicyclic amines) is 1. The summed E-state index contributed by atoms with van der Waals surface area (Å²) in [5.74, 6) is -0.0480. The molecule has 1 saturated heterocycles. The molecule has 9 heteroatoms. The highest BCUT2D eigenvalue weighted by Gasteiger charge is 2.32. The number of nitrogens with zero attached hydrogens (tertiary/aromatic N) is 3. The number of benzene rings is 2. The minimum atomic E-state index is -2.77. The highest BCUT2D eigenvalue weighted by Crippen LogP contribution is 2.33. The molecular weight excluding hydrogens is 604 g/mol. The van der Waals surface area contributed by atoms with Crippen molar-refractivity contribution < 1.29 is 22.4 Å². The number of nitrogens with one attached hydrogen (secondary N) is 1. The summed E-state index contributed by atoms with van der Waals surface area (Å²) in [6.07, 6.45) is 8.80. The van der Waals surface area contributed by atoms with Crippen molar-refractivity contribution in [1.29, 1.82) is 0 Å². The maximum absolute atomic E-state index is 14.4. The van der Waals surface area contributed by atoms with Gasteiger partial charge in [0.25, 0.3) is 12.3 Å². The van der Waals surface area contributed by atoms with Crippen molar-refractivity contribution >= 4 is 28.2 Å². The van der Waals surface area contributed by atoms with Gasteiger partial charge in [-0.3, -0.25) is 9.18 Å². The summed E-state index contributed by atoms with van der Waals surface area (Å²) in [7, 11) is 0.500. The molecule has 2 aliphatic rings. The Morgan fingerprint density at radius 3 is 2.60 bits per heavy atom. The Hall–Kier alpha value is -3.98. The molecule has 1 N–H and O–H groups in total. The Morgan fingerprint density at radius 1 is 1.13 bits per heavy atom. The largest absolute Gasteiger partial charge is 0.366 e. The van der Waals surface area contributed by atoms with E-state index in [1.54, 1.807) is 6.07 Å². The van der Waals surface area contributed by atoms with Gasteiger partial charge in [-0.15, -0.1) is 0 Å². The van der Waals surface area contributed by atoms with Crippen LogP contribution in [0.25, 0.3) is 16.5 Å². The van der Waals surface area contributed by atoms with Gasteiger partial charge < -0.3 is 15.1 Å². The molecule has 252 valence electrons. The molecule has 1 aliphatic carbocycles. The second-order valence-electron chi connectivity index (χ2n) is 12.1. The summed E-state index contributed by atoms with van der Waals surface area (Å²) in [5, 5.41) is 3.93. The summed E-state index contributed by atoms with van der Waals surface area (Å²) in [6, 6.07) is 11.2. The Kier molecular flexibility index (Phi) is 12.8. The zero-order valence-corrected chi connectivity index (χ0v) is 28.0. The number of carbonyl (C=O) groups excluding carboxylic acids is 1. The monoisotopic (exact) mass is 650 g/mol. The van der Waals surface area contributed by atoms with Crippen LogP contribution < -0.4 is 5.32 Å². The van der Waals surface area contributed by atoms with E-state index in [2.05, 4.69) is 55.3 Å². The molecule has 0 saturated carbocycles. The smallest absolute Gasteiger partial charge is 0.263 e.